The number of piperidine rings is 1. The van der Waals surface area contributed by atoms with E-state index in [9.17, 15) is 0 Å². The van der Waals surface area contributed by atoms with Gasteiger partial charge in [-0.05, 0) is 69.2 Å². The second-order valence-corrected chi connectivity index (χ2v) is 6.09. The fraction of sp³-hybridized carbons (Fsp3) is 0.500. The molecule has 1 aliphatic heterocycles. The normalized spacial score (nSPS) is 23.5. The maximum absolute atomic E-state index is 4.43. The Morgan fingerprint density at radius 2 is 2.24 bits per heavy atom. The zero-order valence-corrected chi connectivity index (χ0v) is 13.0. The van der Waals surface area contributed by atoms with Crippen LogP contribution in [-0.4, -0.2) is 36.6 Å². The lowest BCUT2D eigenvalue weighted by atomic mass is 9.84. The molecular weight excluding hydrogens is 258 g/mol. The molecule has 2 atom stereocenters. The van der Waals surface area contributed by atoms with Gasteiger partial charge in [0.15, 0.2) is 0 Å². The van der Waals surface area contributed by atoms with E-state index in [0.717, 1.165) is 18.6 Å². The topological polar surface area (TPSA) is 28.2 Å². The lowest BCUT2D eigenvalue weighted by molar-refractivity contribution is 0.120. The van der Waals surface area contributed by atoms with Crippen LogP contribution >= 0.6 is 0 Å². The molecule has 2 heterocycles. The van der Waals surface area contributed by atoms with Gasteiger partial charge in [-0.25, -0.2) is 0 Å². The zero-order chi connectivity index (χ0) is 14.7. The van der Waals surface area contributed by atoms with Gasteiger partial charge in [0.25, 0.3) is 0 Å². The third-order valence-electron chi connectivity index (χ3n) is 4.63. The van der Waals surface area contributed by atoms with Gasteiger partial charge in [0.2, 0.25) is 0 Å². The molecular formula is C18H25N3. The van der Waals surface area contributed by atoms with Crippen molar-refractivity contribution < 1.29 is 0 Å². The summed E-state index contributed by atoms with van der Waals surface area (Å²) in [7, 11) is 2.26. The molecule has 0 aliphatic carbocycles. The smallest absolute Gasteiger partial charge is 0.0702 e. The summed E-state index contributed by atoms with van der Waals surface area (Å²) >= 11 is 0. The van der Waals surface area contributed by atoms with E-state index in [1.807, 2.05) is 12.3 Å². The fourth-order valence-corrected chi connectivity index (χ4v) is 3.61. The van der Waals surface area contributed by atoms with Crippen LogP contribution in [-0.2, 0) is 0 Å². The van der Waals surface area contributed by atoms with Crippen LogP contribution in [0.5, 0.6) is 0 Å². The van der Waals surface area contributed by atoms with Crippen molar-refractivity contribution in [2.75, 3.05) is 26.7 Å². The first-order chi connectivity index (χ1) is 10.3. The van der Waals surface area contributed by atoms with Crippen LogP contribution in [0.4, 0.5) is 0 Å². The molecule has 0 radical (unpaired) electrons. The number of hydrogen-bond donors (Lipinski definition) is 1. The van der Waals surface area contributed by atoms with Crippen molar-refractivity contribution in [2.24, 2.45) is 5.92 Å². The van der Waals surface area contributed by atoms with Gasteiger partial charge >= 0.3 is 0 Å². The largest absolute Gasteiger partial charge is 0.317 e. The van der Waals surface area contributed by atoms with Crippen molar-refractivity contribution >= 4 is 10.9 Å². The Balaban J connectivity index is 1.92. The summed E-state index contributed by atoms with van der Waals surface area (Å²) in [5.41, 5.74) is 2.52. The molecule has 2 aromatic rings. The van der Waals surface area contributed by atoms with Crippen molar-refractivity contribution in [3.63, 3.8) is 0 Å². The molecule has 3 nitrogen and oxygen atoms in total. The second-order valence-electron chi connectivity index (χ2n) is 6.09. The lowest BCUT2D eigenvalue weighted by Crippen LogP contribution is -2.40. The Morgan fingerprint density at radius 3 is 3.10 bits per heavy atom. The molecule has 1 fully saturated rings. The Labute approximate surface area is 127 Å². The highest BCUT2D eigenvalue weighted by Gasteiger charge is 2.30. The Bertz CT molecular complexity index is 596. The minimum atomic E-state index is 0.516. The number of hydrogen-bond acceptors (Lipinski definition) is 3. The molecule has 21 heavy (non-hydrogen) atoms. The summed E-state index contributed by atoms with van der Waals surface area (Å²) in [6.07, 6.45) is 4.48. The third-order valence-corrected chi connectivity index (χ3v) is 4.63. The maximum Gasteiger partial charge on any atom is 0.0702 e. The van der Waals surface area contributed by atoms with Crippen LogP contribution in [0.15, 0.2) is 36.5 Å². The quantitative estimate of drug-likeness (QED) is 0.934. The summed E-state index contributed by atoms with van der Waals surface area (Å²) in [6, 6.07) is 11.5. The van der Waals surface area contributed by atoms with E-state index in [2.05, 4.69) is 53.4 Å². The molecule has 3 heteroatoms. The number of aromatic nitrogens is 1. The summed E-state index contributed by atoms with van der Waals surface area (Å²) in [5.74, 6) is 0.692. The predicted octanol–water partition coefficient (Wildman–Crippen LogP) is 3.23. The van der Waals surface area contributed by atoms with Gasteiger partial charge in [0.05, 0.1) is 5.52 Å². The number of benzene rings is 1. The average molecular weight is 283 g/mol. The SMILES string of the molecule is CCNCC1CCCN(C)C1c1ccc2ncccc2c1. The number of nitrogens with zero attached hydrogens (tertiary/aromatic N) is 2. The molecule has 0 spiro atoms. The predicted molar refractivity (Wildman–Crippen MR) is 88.4 cm³/mol. The fourth-order valence-electron chi connectivity index (χ4n) is 3.61. The molecule has 0 bridgehead atoms. The van der Waals surface area contributed by atoms with Crippen LogP contribution in [0, 0.1) is 5.92 Å². The Kier molecular flexibility index (Phi) is 4.51. The van der Waals surface area contributed by atoms with Crippen LogP contribution in [0.1, 0.15) is 31.4 Å². The highest BCUT2D eigenvalue weighted by atomic mass is 15.1. The summed E-state index contributed by atoms with van der Waals surface area (Å²) in [4.78, 5) is 6.95. The molecule has 2 unspecified atom stereocenters. The van der Waals surface area contributed by atoms with E-state index < -0.39 is 0 Å². The maximum atomic E-state index is 4.43. The van der Waals surface area contributed by atoms with Gasteiger partial charge in [0.1, 0.15) is 0 Å². The molecule has 1 N–H and O–H groups in total. The van der Waals surface area contributed by atoms with Crippen molar-refractivity contribution in [3.05, 3.63) is 42.1 Å². The Hall–Kier alpha value is -1.45. The lowest BCUT2D eigenvalue weighted by Gasteiger charge is -2.40. The van der Waals surface area contributed by atoms with E-state index in [4.69, 9.17) is 0 Å². The van der Waals surface area contributed by atoms with Gasteiger partial charge < -0.3 is 5.32 Å². The van der Waals surface area contributed by atoms with Gasteiger partial charge in [-0.2, -0.15) is 0 Å². The van der Waals surface area contributed by atoms with Crippen molar-refractivity contribution in [1.29, 1.82) is 0 Å². The molecule has 0 amide bonds. The van der Waals surface area contributed by atoms with Crippen LogP contribution < -0.4 is 5.32 Å². The minimum absolute atomic E-state index is 0.516. The summed E-state index contributed by atoms with van der Waals surface area (Å²) in [6.45, 7) is 5.53. The van der Waals surface area contributed by atoms with Gasteiger partial charge in [-0.15, -0.1) is 0 Å². The van der Waals surface area contributed by atoms with E-state index >= 15 is 0 Å². The number of fused-ring (bicyclic) bond motifs is 1. The van der Waals surface area contributed by atoms with Gasteiger partial charge in [-0.1, -0.05) is 19.1 Å². The van der Waals surface area contributed by atoms with Gasteiger partial charge in [0, 0.05) is 17.6 Å². The second kappa shape index (κ2) is 6.54. The molecule has 1 saturated heterocycles. The molecule has 3 rings (SSSR count). The monoisotopic (exact) mass is 283 g/mol. The zero-order valence-electron chi connectivity index (χ0n) is 13.0. The average Bonchev–Trinajstić information content (AvgIpc) is 2.52. The van der Waals surface area contributed by atoms with Gasteiger partial charge in [-0.3, -0.25) is 9.88 Å². The molecule has 112 valence electrons. The number of likely N-dealkylation sites (tertiary alicyclic amines) is 1. The molecule has 1 aliphatic rings. The van der Waals surface area contributed by atoms with Crippen LogP contribution in [0.2, 0.25) is 0 Å². The van der Waals surface area contributed by atoms with Crippen molar-refractivity contribution in [1.82, 2.24) is 15.2 Å². The highest BCUT2D eigenvalue weighted by molar-refractivity contribution is 5.79. The van der Waals surface area contributed by atoms with E-state index in [1.54, 1.807) is 0 Å². The number of nitrogens with one attached hydrogen (secondary N) is 1. The van der Waals surface area contributed by atoms with Crippen LogP contribution in [0.25, 0.3) is 10.9 Å². The number of rotatable bonds is 4. The highest BCUT2D eigenvalue weighted by Crippen LogP contribution is 2.35. The Morgan fingerprint density at radius 1 is 1.33 bits per heavy atom. The molecule has 1 aromatic heterocycles. The van der Waals surface area contributed by atoms with Crippen molar-refractivity contribution in [2.45, 2.75) is 25.8 Å². The van der Waals surface area contributed by atoms with E-state index in [1.165, 1.54) is 30.3 Å². The summed E-state index contributed by atoms with van der Waals surface area (Å²) in [5, 5.41) is 4.78. The minimum Gasteiger partial charge on any atom is -0.317 e. The van der Waals surface area contributed by atoms with E-state index in [-0.39, 0.29) is 0 Å². The van der Waals surface area contributed by atoms with Crippen LogP contribution in [0.3, 0.4) is 0 Å². The summed E-state index contributed by atoms with van der Waals surface area (Å²) < 4.78 is 0. The van der Waals surface area contributed by atoms with Crippen molar-refractivity contribution in [3.8, 4) is 0 Å². The molecule has 1 aromatic carbocycles. The first-order valence-electron chi connectivity index (χ1n) is 8.05. The number of pyridine rings is 1. The first-order valence-corrected chi connectivity index (χ1v) is 8.05. The third kappa shape index (κ3) is 3.09. The molecule has 0 saturated carbocycles. The van der Waals surface area contributed by atoms with E-state index in [0.29, 0.717) is 12.0 Å². The first kappa shape index (κ1) is 14.5. The standard InChI is InChI=1S/C18H25N3/c1-3-19-13-16-7-5-11-21(2)18(16)15-8-9-17-14(12-15)6-4-10-20-17/h4,6,8-10,12,16,18-19H,3,5,7,11,13H2,1-2H3.